The smallest absolute Gasteiger partial charge is 0.240 e. The van der Waals surface area contributed by atoms with Crippen molar-refractivity contribution in [3.8, 4) is 6.07 Å². The Morgan fingerprint density at radius 1 is 1.39 bits per heavy atom. The first-order valence-electron chi connectivity index (χ1n) is 7.02. The fourth-order valence-electron chi connectivity index (χ4n) is 2.81. The highest BCUT2D eigenvalue weighted by Gasteiger charge is 2.49. The number of amides is 2. The van der Waals surface area contributed by atoms with E-state index >= 15 is 0 Å². The van der Waals surface area contributed by atoms with Gasteiger partial charge < -0.3 is 0 Å². The molecule has 4 nitrogen and oxygen atoms in total. The molecule has 1 aromatic carbocycles. The Balaban J connectivity index is 1.92. The molecule has 2 heterocycles. The number of halogens is 1. The number of imide groups is 1. The van der Waals surface area contributed by atoms with Crippen LogP contribution in [0, 0.1) is 17.1 Å². The van der Waals surface area contributed by atoms with Crippen LogP contribution in [0.3, 0.4) is 0 Å². The molecular formula is C17H13FN2O2S. The number of carbonyl (C=O) groups is 2. The molecule has 1 aliphatic rings. The zero-order valence-electron chi connectivity index (χ0n) is 12.4. The Labute approximate surface area is 136 Å². The highest BCUT2D eigenvalue weighted by Crippen LogP contribution is 2.38. The van der Waals surface area contributed by atoms with Crippen LogP contribution in [0.2, 0.25) is 0 Å². The number of likely N-dealkylation sites (tertiary alicyclic amines) is 1. The Hall–Kier alpha value is -2.52. The molecule has 1 aliphatic heterocycles. The molecular weight excluding hydrogens is 315 g/mol. The third-order valence-electron chi connectivity index (χ3n) is 4.20. The number of hydrogen-bond donors (Lipinski definition) is 0. The second kappa shape index (κ2) is 5.60. The summed E-state index contributed by atoms with van der Waals surface area (Å²) in [5, 5.41) is 12.8. The average molecular weight is 328 g/mol. The standard InChI is InChI=1S/C17H13FN2O2S/c1-17(13-4-5-23-10-13)7-15(21)20(16(17)22)9-11-2-3-14(18)6-12(11)8-19/h2-6,10H,7,9H2,1H3. The lowest BCUT2D eigenvalue weighted by atomic mass is 9.83. The van der Waals surface area contributed by atoms with E-state index in [0.29, 0.717) is 5.56 Å². The van der Waals surface area contributed by atoms with E-state index in [2.05, 4.69) is 0 Å². The second-order valence-corrected chi connectivity index (χ2v) is 6.50. The Bertz CT molecular complexity index is 826. The van der Waals surface area contributed by atoms with E-state index in [1.54, 1.807) is 6.92 Å². The largest absolute Gasteiger partial charge is 0.277 e. The maximum Gasteiger partial charge on any atom is 0.240 e. The van der Waals surface area contributed by atoms with Gasteiger partial charge in [-0.15, -0.1) is 0 Å². The highest BCUT2D eigenvalue weighted by atomic mass is 32.1. The third kappa shape index (κ3) is 2.53. The van der Waals surface area contributed by atoms with Gasteiger partial charge in [-0.05, 0) is 47.0 Å². The molecule has 116 valence electrons. The Morgan fingerprint density at radius 2 is 2.17 bits per heavy atom. The molecule has 3 rings (SSSR count). The number of rotatable bonds is 3. The molecule has 23 heavy (non-hydrogen) atoms. The number of nitriles is 1. The van der Waals surface area contributed by atoms with Gasteiger partial charge in [0.05, 0.1) is 23.6 Å². The molecule has 1 atom stereocenters. The van der Waals surface area contributed by atoms with Crippen LogP contribution in [-0.2, 0) is 21.5 Å². The average Bonchev–Trinajstić information content (AvgIpc) is 3.13. The molecule has 2 aromatic rings. The topological polar surface area (TPSA) is 61.2 Å². The van der Waals surface area contributed by atoms with E-state index in [9.17, 15) is 14.0 Å². The van der Waals surface area contributed by atoms with Crippen LogP contribution in [-0.4, -0.2) is 16.7 Å². The summed E-state index contributed by atoms with van der Waals surface area (Å²) in [4.78, 5) is 26.2. The van der Waals surface area contributed by atoms with Crippen molar-refractivity contribution in [2.75, 3.05) is 0 Å². The summed E-state index contributed by atoms with van der Waals surface area (Å²) in [5.74, 6) is -1.08. The van der Waals surface area contributed by atoms with Gasteiger partial charge >= 0.3 is 0 Å². The molecule has 6 heteroatoms. The predicted octanol–water partition coefficient (Wildman–Crippen LogP) is 2.98. The Morgan fingerprint density at radius 3 is 2.83 bits per heavy atom. The van der Waals surface area contributed by atoms with Gasteiger partial charge in [-0.3, -0.25) is 14.5 Å². The SMILES string of the molecule is CC1(c2ccsc2)CC(=O)N(Cc2ccc(F)cc2C#N)C1=O. The number of nitrogens with zero attached hydrogens (tertiary/aromatic N) is 2. The molecule has 1 aromatic heterocycles. The van der Waals surface area contributed by atoms with Crippen molar-refractivity contribution in [3.63, 3.8) is 0 Å². The molecule has 0 aliphatic carbocycles. The molecule has 0 N–H and O–H groups in total. The summed E-state index contributed by atoms with van der Waals surface area (Å²) < 4.78 is 13.2. The van der Waals surface area contributed by atoms with Gasteiger partial charge in [0.15, 0.2) is 0 Å². The van der Waals surface area contributed by atoms with Gasteiger partial charge in [0.1, 0.15) is 5.82 Å². The fraction of sp³-hybridized carbons (Fsp3) is 0.235. The van der Waals surface area contributed by atoms with Crippen molar-refractivity contribution >= 4 is 23.2 Å². The van der Waals surface area contributed by atoms with E-state index in [-0.39, 0.29) is 30.3 Å². The quantitative estimate of drug-likeness (QED) is 0.814. The van der Waals surface area contributed by atoms with Crippen molar-refractivity contribution < 1.29 is 14.0 Å². The van der Waals surface area contributed by atoms with E-state index in [1.165, 1.54) is 23.5 Å². The molecule has 1 fully saturated rings. The first-order chi connectivity index (χ1) is 11.0. The van der Waals surface area contributed by atoms with Crippen molar-refractivity contribution in [2.24, 2.45) is 0 Å². The predicted molar refractivity (Wildman–Crippen MR) is 83.0 cm³/mol. The number of hydrogen-bond acceptors (Lipinski definition) is 4. The van der Waals surface area contributed by atoms with Crippen LogP contribution < -0.4 is 0 Å². The first kappa shape index (κ1) is 15.4. The maximum atomic E-state index is 13.2. The van der Waals surface area contributed by atoms with E-state index in [0.717, 1.165) is 16.5 Å². The van der Waals surface area contributed by atoms with Crippen LogP contribution in [0.25, 0.3) is 0 Å². The summed E-state index contributed by atoms with van der Waals surface area (Å²) in [5.41, 5.74) is 0.548. The Kier molecular flexibility index (Phi) is 3.74. The zero-order chi connectivity index (χ0) is 16.6. The monoisotopic (exact) mass is 328 g/mol. The molecule has 0 spiro atoms. The van der Waals surface area contributed by atoms with Gasteiger partial charge in [-0.2, -0.15) is 16.6 Å². The minimum absolute atomic E-state index is 0.0133. The summed E-state index contributed by atoms with van der Waals surface area (Å²) >= 11 is 1.47. The van der Waals surface area contributed by atoms with Crippen LogP contribution >= 0.6 is 11.3 Å². The van der Waals surface area contributed by atoms with Crippen molar-refractivity contribution in [3.05, 3.63) is 57.5 Å². The molecule has 0 saturated carbocycles. The molecule has 2 amide bonds. The maximum absolute atomic E-state index is 13.2. The lowest BCUT2D eigenvalue weighted by molar-refractivity contribution is -0.140. The molecule has 0 radical (unpaired) electrons. The summed E-state index contributed by atoms with van der Waals surface area (Å²) in [6.45, 7) is 1.74. The van der Waals surface area contributed by atoms with Crippen LogP contribution in [0.1, 0.15) is 30.0 Å². The number of benzene rings is 1. The summed E-state index contributed by atoms with van der Waals surface area (Å²) in [7, 11) is 0. The second-order valence-electron chi connectivity index (χ2n) is 5.72. The van der Waals surface area contributed by atoms with Crippen molar-refractivity contribution in [1.29, 1.82) is 5.26 Å². The van der Waals surface area contributed by atoms with Crippen LogP contribution in [0.15, 0.2) is 35.0 Å². The van der Waals surface area contributed by atoms with Gasteiger partial charge in [0, 0.05) is 6.42 Å². The zero-order valence-corrected chi connectivity index (χ0v) is 13.2. The van der Waals surface area contributed by atoms with Crippen LogP contribution in [0.4, 0.5) is 4.39 Å². The van der Waals surface area contributed by atoms with Gasteiger partial charge in [0.25, 0.3) is 0 Å². The lowest BCUT2D eigenvalue weighted by Gasteiger charge is -2.21. The van der Waals surface area contributed by atoms with E-state index < -0.39 is 11.2 Å². The minimum atomic E-state index is -0.871. The number of carbonyl (C=O) groups excluding carboxylic acids is 2. The van der Waals surface area contributed by atoms with Gasteiger partial charge in [-0.1, -0.05) is 6.07 Å². The third-order valence-corrected chi connectivity index (χ3v) is 4.89. The summed E-state index contributed by atoms with van der Waals surface area (Å²) in [6.07, 6.45) is 0.103. The molecule has 1 unspecified atom stereocenters. The van der Waals surface area contributed by atoms with Crippen LogP contribution in [0.5, 0.6) is 0 Å². The van der Waals surface area contributed by atoms with Gasteiger partial charge in [-0.25, -0.2) is 4.39 Å². The van der Waals surface area contributed by atoms with Crippen molar-refractivity contribution in [1.82, 2.24) is 4.90 Å². The normalized spacial score (nSPS) is 20.8. The first-order valence-corrected chi connectivity index (χ1v) is 7.96. The lowest BCUT2D eigenvalue weighted by Crippen LogP contribution is -2.36. The molecule has 0 bridgehead atoms. The van der Waals surface area contributed by atoms with Gasteiger partial charge in [0.2, 0.25) is 11.8 Å². The van der Waals surface area contributed by atoms with E-state index in [4.69, 9.17) is 5.26 Å². The summed E-state index contributed by atoms with van der Waals surface area (Å²) in [6, 6.07) is 7.52. The molecule has 1 saturated heterocycles. The van der Waals surface area contributed by atoms with E-state index in [1.807, 2.05) is 22.9 Å². The highest BCUT2D eigenvalue weighted by molar-refractivity contribution is 7.08. The minimum Gasteiger partial charge on any atom is -0.277 e. The van der Waals surface area contributed by atoms with Crippen molar-refractivity contribution in [2.45, 2.75) is 25.3 Å². The fourth-order valence-corrected chi connectivity index (χ4v) is 3.60. The number of thiophene rings is 1.